The van der Waals surface area contributed by atoms with Crippen LogP contribution >= 0.6 is 11.3 Å². The minimum atomic E-state index is -0.486. The molecule has 84 valence electrons. The second-order valence-corrected chi connectivity index (χ2v) is 4.42. The van der Waals surface area contributed by atoms with E-state index in [1.54, 1.807) is 23.0 Å². The van der Waals surface area contributed by atoms with Crippen LogP contribution in [0, 0.1) is 0 Å². The van der Waals surface area contributed by atoms with Crippen molar-refractivity contribution in [3.05, 3.63) is 46.9 Å². The van der Waals surface area contributed by atoms with Crippen molar-refractivity contribution < 1.29 is 9.84 Å². The highest BCUT2D eigenvalue weighted by Crippen LogP contribution is 2.11. The van der Waals surface area contributed by atoms with Crippen LogP contribution < -0.4 is 4.74 Å². The highest BCUT2D eigenvalue weighted by molar-refractivity contribution is 7.09. The molecule has 0 aliphatic heterocycles. The second kappa shape index (κ2) is 5.63. The van der Waals surface area contributed by atoms with Crippen LogP contribution in [-0.4, -0.2) is 22.8 Å². The van der Waals surface area contributed by atoms with Gasteiger partial charge in [-0.15, -0.1) is 11.3 Å². The highest BCUT2D eigenvalue weighted by atomic mass is 32.1. The lowest BCUT2D eigenvalue weighted by molar-refractivity contribution is 0.108. The molecule has 0 aliphatic rings. The van der Waals surface area contributed by atoms with Crippen molar-refractivity contribution in [2.24, 2.45) is 0 Å². The van der Waals surface area contributed by atoms with Crippen LogP contribution in [0.4, 0.5) is 0 Å². The number of ether oxygens (including phenoxy) is 1. The van der Waals surface area contributed by atoms with Crippen molar-refractivity contribution in [2.75, 3.05) is 6.61 Å². The molecule has 2 rings (SSSR count). The molecule has 16 heavy (non-hydrogen) atoms. The Morgan fingerprint density at radius 1 is 1.31 bits per heavy atom. The van der Waals surface area contributed by atoms with E-state index >= 15 is 0 Å². The van der Waals surface area contributed by atoms with Gasteiger partial charge in [0.05, 0.1) is 11.6 Å². The molecule has 2 aromatic rings. The summed E-state index contributed by atoms with van der Waals surface area (Å²) < 4.78 is 5.45. The van der Waals surface area contributed by atoms with Crippen LogP contribution in [0.25, 0.3) is 0 Å². The fourth-order valence-electron chi connectivity index (χ4n) is 1.34. The van der Waals surface area contributed by atoms with E-state index in [2.05, 4.69) is 4.98 Å². The summed E-state index contributed by atoms with van der Waals surface area (Å²) >= 11 is 1.55. The van der Waals surface area contributed by atoms with E-state index in [1.807, 2.05) is 30.3 Å². The molecule has 3 nitrogen and oxygen atoms in total. The molecule has 4 heteroatoms. The molecule has 1 unspecified atom stereocenters. The van der Waals surface area contributed by atoms with E-state index in [9.17, 15) is 5.11 Å². The lowest BCUT2D eigenvalue weighted by atomic mass is 10.2. The molecule has 0 bridgehead atoms. The number of aliphatic hydroxyl groups excluding tert-OH is 1. The third-order valence-corrected chi connectivity index (χ3v) is 2.91. The fraction of sp³-hybridized carbons (Fsp3) is 0.250. The fourth-order valence-corrected chi connectivity index (χ4v) is 2.01. The van der Waals surface area contributed by atoms with Crippen LogP contribution in [-0.2, 0) is 6.42 Å². The predicted molar refractivity (Wildman–Crippen MR) is 63.8 cm³/mol. The first-order valence-electron chi connectivity index (χ1n) is 5.08. The van der Waals surface area contributed by atoms with Crippen molar-refractivity contribution >= 4 is 11.3 Å². The minimum absolute atomic E-state index is 0.307. The second-order valence-electron chi connectivity index (χ2n) is 3.45. The first-order valence-corrected chi connectivity index (χ1v) is 5.96. The summed E-state index contributed by atoms with van der Waals surface area (Å²) in [5, 5.41) is 9.74. The van der Waals surface area contributed by atoms with Crippen LogP contribution in [0.5, 0.6) is 5.75 Å². The molecule has 0 spiro atoms. The van der Waals surface area contributed by atoms with Gasteiger partial charge in [-0.2, -0.15) is 0 Å². The van der Waals surface area contributed by atoms with E-state index in [4.69, 9.17) is 4.74 Å². The number of aliphatic hydroxyl groups is 1. The lowest BCUT2D eigenvalue weighted by Crippen LogP contribution is -2.19. The minimum Gasteiger partial charge on any atom is -0.491 e. The van der Waals surface area contributed by atoms with Crippen molar-refractivity contribution in [3.63, 3.8) is 0 Å². The summed E-state index contributed by atoms with van der Waals surface area (Å²) in [5.74, 6) is 0.783. The van der Waals surface area contributed by atoms with E-state index < -0.39 is 6.10 Å². The highest BCUT2D eigenvalue weighted by Gasteiger charge is 2.07. The molecular formula is C12H13NO2S. The average Bonchev–Trinajstić information content (AvgIpc) is 2.81. The maximum atomic E-state index is 9.74. The van der Waals surface area contributed by atoms with Gasteiger partial charge in [-0.3, -0.25) is 4.98 Å². The Balaban J connectivity index is 1.78. The summed E-state index contributed by atoms with van der Waals surface area (Å²) in [5.41, 5.74) is 1.76. The zero-order valence-electron chi connectivity index (χ0n) is 8.74. The number of hydrogen-bond acceptors (Lipinski definition) is 4. The van der Waals surface area contributed by atoms with Crippen LogP contribution in [0.15, 0.2) is 42.0 Å². The lowest BCUT2D eigenvalue weighted by Gasteiger charge is -2.10. The normalized spacial score (nSPS) is 12.3. The van der Waals surface area contributed by atoms with E-state index in [-0.39, 0.29) is 0 Å². The zero-order chi connectivity index (χ0) is 11.2. The predicted octanol–water partition coefficient (Wildman–Crippen LogP) is 2.13. The maximum absolute atomic E-state index is 9.74. The molecule has 1 aromatic carbocycles. The molecule has 0 saturated heterocycles. The van der Waals surface area contributed by atoms with E-state index in [0.717, 1.165) is 10.6 Å². The van der Waals surface area contributed by atoms with Crippen LogP contribution in [0.3, 0.4) is 0 Å². The molecule has 0 aliphatic carbocycles. The Morgan fingerprint density at radius 2 is 2.12 bits per heavy atom. The molecule has 0 saturated carbocycles. The molecule has 0 amide bonds. The van der Waals surface area contributed by atoms with Gasteiger partial charge < -0.3 is 9.84 Å². The van der Waals surface area contributed by atoms with E-state index in [0.29, 0.717) is 13.0 Å². The third kappa shape index (κ3) is 3.32. The number of hydrogen-bond donors (Lipinski definition) is 1. The molecule has 1 aromatic heterocycles. The Hall–Kier alpha value is -1.39. The Kier molecular flexibility index (Phi) is 3.91. The van der Waals surface area contributed by atoms with Gasteiger partial charge in [0.2, 0.25) is 0 Å². The molecule has 1 N–H and O–H groups in total. The number of nitrogens with zero attached hydrogens (tertiary/aromatic N) is 1. The van der Waals surface area contributed by atoms with E-state index in [1.165, 1.54) is 0 Å². The van der Waals surface area contributed by atoms with Gasteiger partial charge >= 0.3 is 0 Å². The molecule has 1 atom stereocenters. The number of benzene rings is 1. The van der Waals surface area contributed by atoms with Crippen molar-refractivity contribution in [1.82, 2.24) is 4.98 Å². The molecule has 0 radical (unpaired) electrons. The van der Waals surface area contributed by atoms with Gasteiger partial charge in [0, 0.05) is 17.5 Å². The maximum Gasteiger partial charge on any atom is 0.119 e. The summed E-state index contributed by atoms with van der Waals surface area (Å²) in [7, 11) is 0. The van der Waals surface area contributed by atoms with Crippen molar-refractivity contribution in [1.29, 1.82) is 0 Å². The standard InChI is InChI=1S/C12H13NO2S/c14-10(6-12-7-13-9-16-12)8-15-11-4-2-1-3-5-11/h1-5,7,9-10,14H,6,8H2. The number of rotatable bonds is 5. The Morgan fingerprint density at radius 3 is 2.81 bits per heavy atom. The number of aromatic nitrogens is 1. The Labute approximate surface area is 98.4 Å². The van der Waals surface area contributed by atoms with Crippen LogP contribution in [0.1, 0.15) is 4.88 Å². The topological polar surface area (TPSA) is 42.4 Å². The number of thiazole rings is 1. The van der Waals surface area contributed by atoms with Gasteiger partial charge in [-0.05, 0) is 12.1 Å². The molecule has 1 heterocycles. The third-order valence-electron chi connectivity index (χ3n) is 2.11. The first kappa shape index (κ1) is 11.1. The van der Waals surface area contributed by atoms with Gasteiger partial charge in [-0.1, -0.05) is 18.2 Å². The smallest absolute Gasteiger partial charge is 0.119 e. The number of para-hydroxylation sites is 1. The largest absolute Gasteiger partial charge is 0.491 e. The monoisotopic (exact) mass is 235 g/mol. The SMILES string of the molecule is OC(COc1ccccc1)Cc1cncs1. The van der Waals surface area contributed by atoms with Crippen molar-refractivity contribution in [3.8, 4) is 5.75 Å². The van der Waals surface area contributed by atoms with Gasteiger partial charge in [-0.25, -0.2) is 0 Å². The zero-order valence-corrected chi connectivity index (χ0v) is 9.56. The van der Waals surface area contributed by atoms with Crippen LogP contribution in [0.2, 0.25) is 0 Å². The summed E-state index contributed by atoms with van der Waals surface area (Å²) in [4.78, 5) is 5.03. The Bertz CT molecular complexity index is 402. The molecular weight excluding hydrogens is 222 g/mol. The first-order chi connectivity index (χ1) is 7.84. The average molecular weight is 235 g/mol. The quantitative estimate of drug-likeness (QED) is 0.863. The summed E-state index contributed by atoms with van der Waals surface area (Å²) in [6, 6.07) is 9.50. The van der Waals surface area contributed by atoms with Gasteiger partial charge in [0.15, 0.2) is 0 Å². The van der Waals surface area contributed by atoms with Gasteiger partial charge in [0.1, 0.15) is 12.4 Å². The molecule has 0 fully saturated rings. The summed E-state index contributed by atoms with van der Waals surface area (Å²) in [6.45, 7) is 0.307. The van der Waals surface area contributed by atoms with Gasteiger partial charge in [0.25, 0.3) is 0 Å². The van der Waals surface area contributed by atoms with Crippen molar-refractivity contribution in [2.45, 2.75) is 12.5 Å². The summed E-state index contributed by atoms with van der Waals surface area (Å²) in [6.07, 6.45) is 1.88.